The van der Waals surface area contributed by atoms with Gasteiger partial charge in [0.05, 0.1) is 0 Å². The average molecular weight is 288 g/mol. The molecule has 0 spiro atoms. The number of nitrogens with two attached hydrogens (primary N) is 1. The lowest BCUT2D eigenvalue weighted by atomic mass is 9.95. The second-order valence-corrected chi connectivity index (χ2v) is 6.19. The van der Waals surface area contributed by atoms with Gasteiger partial charge in [0.15, 0.2) is 0 Å². The molecule has 1 aromatic carbocycles. The van der Waals surface area contributed by atoms with Crippen molar-refractivity contribution >= 4 is 17.3 Å². The second kappa shape index (κ2) is 5.31. The van der Waals surface area contributed by atoms with Crippen LogP contribution < -0.4 is 11.1 Å². The summed E-state index contributed by atoms with van der Waals surface area (Å²) < 4.78 is 13.6. The molecule has 0 radical (unpaired) electrons. The van der Waals surface area contributed by atoms with E-state index < -0.39 is 0 Å². The zero-order chi connectivity index (χ0) is 15.8. The van der Waals surface area contributed by atoms with E-state index in [1.807, 2.05) is 33.8 Å². The number of hydrogen-bond acceptors (Lipinski definition) is 4. The number of halogens is 1. The molecule has 2 aromatic rings. The highest BCUT2D eigenvalue weighted by molar-refractivity contribution is 5.66. The summed E-state index contributed by atoms with van der Waals surface area (Å²) >= 11 is 0. The van der Waals surface area contributed by atoms with Gasteiger partial charge in [0, 0.05) is 22.2 Å². The zero-order valence-corrected chi connectivity index (χ0v) is 13.1. The Hall–Kier alpha value is -2.17. The maximum atomic E-state index is 13.6. The van der Waals surface area contributed by atoms with Gasteiger partial charge >= 0.3 is 0 Å². The van der Waals surface area contributed by atoms with Gasteiger partial charge in [-0.2, -0.15) is 0 Å². The number of nitrogens with one attached hydrogen (secondary N) is 1. The maximum absolute atomic E-state index is 13.6. The molecule has 0 aliphatic carbocycles. The first-order chi connectivity index (χ1) is 9.70. The Morgan fingerprint density at radius 2 is 1.76 bits per heavy atom. The van der Waals surface area contributed by atoms with E-state index in [0.717, 1.165) is 5.56 Å². The fourth-order valence-electron chi connectivity index (χ4n) is 1.86. The molecule has 1 aromatic heterocycles. The van der Waals surface area contributed by atoms with Gasteiger partial charge in [-0.25, -0.2) is 14.4 Å². The van der Waals surface area contributed by atoms with Gasteiger partial charge in [-0.05, 0) is 26.0 Å². The van der Waals surface area contributed by atoms with Gasteiger partial charge in [-0.15, -0.1) is 0 Å². The maximum Gasteiger partial charge on any atom is 0.139 e. The SMILES string of the molecule is Cc1c(F)cccc1Nc1nc(C(C)(C)C)nc(N)c1C. The van der Waals surface area contributed by atoms with Crippen LogP contribution in [0.15, 0.2) is 18.2 Å². The number of nitrogens with zero attached hydrogens (tertiary/aromatic N) is 2. The summed E-state index contributed by atoms with van der Waals surface area (Å²) in [6.45, 7) is 9.64. The predicted octanol–water partition coefficient (Wildman–Crippen LogP) is 3.86. The van der Waals surface area contributed by atoms with Gasteiger partial charge in [0.25, 0.3) is 0 Å². The fourth-order valence-corrected chi connectivity index (χ4v) is 1.86. The summed E-state index contributed by atoms with van der Waals surface area (Å²) in [6.07, 6.45) is 0. The van der Waals surface area contributed by atoms with E-state index in [9.17, 15) is 4.39 Å². The first kappa shape index (κ1) is 15.2. The molecule has 0 aliphatic rings. The van der Waals surface area contributed by atoms with Crippen molar-refractivity contribution in [1.82, 2.24) is 9.97 Å². The van der Waals surface area contributed by atoms with Gasteiger partial charge in [-0.3, -0.25) is 0 Å². The predicted molar refractivity (Wildman–Crippen MR) is 84.3 cm³/mol. The molecule has 0 saturated heterocycles. The van der Waals surface area contributed by atoms with Crippen molar-refractivity contribution in [2.75, 3.05) is 11.1 Å². The number of rotatable bonds is 2. The van der Waals surface area contributed by atoms with Crippen LogP contribution >= 0.6 is 0 Å². The van der Waals surface area contributed by atoms with Crippen molar-refractivity contribution in [2.45, 2.75) is 40.0 Å². The summed E-state index contributed by atoms with van der Waals surface area (Å²) in [5.74, 6) is 1.45. The molecule has 0 bridgehead atoms. The first-order valence-corrected chi connectivity index (χ1v) is 6.87. The minimum Gasteiger partial charge on any atom is -0.383 e. The molecule has 1 heterocycles. The Balaban J connectivity index is 2.49. The van der Waals surface area contributed by atoms with Crippen LogP contribution in [0.5, 0.6) is 0 Å². The summed E-state index contributed by atoms with van der Waals surface area (Å²) in [6, 6.07) is 4.91. The third kappa shape index (κ3) is 3.12. The second-order valence-electron chi connectivity index (χ2n) is 6.19. The van der Waals surface area contributed by atoms with Crippen molar-refractivity contribution in [3.05, 3.63) is 41.0 Å². The molecule has 4 nitrogen and oxygen atoms in total. The van der Waals surface area contributed by atoms with E-state index >= 15 is 0 Å². The Labute approximate surface area is 124 Å². The average Bonchev–Trinajstić information content (AvgIpc) is 2.38. The number of aromatic nitrogens is 2. The lowest BCUT2D eigenvalue weighted by molar-refractivity contribution is 0.546. The lowest BCUT2D eigenvalue weighted by Gasteiger charge is -2.20. The number of benzene rings is 1. The van der Waals surface area contributed by atoms with Crippen LogP contribution in [-0.2, 0) is 5.41 Å². The normalized spacial score (nSPS) is 11.5. The van der Waals surface area contributed by atoms with Crippen LogP contribution in [0.1, 0.15) is 37.7 Å². The highest BCUT2D eigenvalue weighted by atomic mass is 19.1. The standard InChI is InChI=1S/C16H21FN4/c1-9-11(17)7-6-8-12(9)19-14-10(2)13(18)20-15(21-14)16(3,4)5/h6-8H,1-5H3,(H3,18,19,20,21). The summed E-state index contributed by atoms with van der Waals surface area (Å²) in [5, 5.41) is 3.16. The van der Waals surface area contributed by atoms with Crippen LogP contribution in [0, 0.1) is 19.7 Å². The minimum absolute atomic E-state index is 0.213. The van der Waals surface area contributed by atoms with Crippen molar-refractivity contribution in [3.63, 3.8) is 0 Å². The summed E-state index contributed by atoms with van der Waals surface area (Å²) in [7, 11) is 0. The van der Waals surface area contributed by atoms with Crippen molar-refractivity contribution in [3.8, 4) is 0 Å². The Kier molecular flexibility index (Phi) is 3.85. The molecule has 0 amide bonds. The molecule has 0 saturated carbocycles. The van der Waals surface area contributed by atoms with Crippen LogP contribution in [-0.4, -0.2) is 9.97 Å². The highest BCUT2D eigenvalue weighted by Crippen LogP contribution is 2.28. The third-order valence-corrected chi connectivity index (χ3v) is 3.38. The molecule has 112 valence electrons. The topological polar surface area (TPSA) is 63.8 Å². The largest absolute Gasteiger partial charge is 0.383 e. The Morgan fingerprint density at radius 3 is 2.38 bits per heavy atom. The summed E-state index contributed by atoms with van der Waals surface area (Å²) in [4.78, 5) is 8.88. The van der Waals surface area contributed by atoms with Crippen molar-refractivity contribution in [2.24, 2.45) is 0 Å². The quantitative estimate of drug-likeness (QED) is 0.881. The van der Waals surface area contributed by atoms with E-state index in [2.05, 4.69) is 15.3 Å². The van der Waals surface area contributed by atoms with Crippen LogP contribution in [0.2, 0.25) is 0 Å². The number of anilines is 3. The highest BCUT2D eigenvalue weighted by Gasteiger charge is 2.20. The lowest BCUT2D eigenvalue weighted by Crippen LogP contribution is -2.19. The van der Waals surface area contributed by atoms with Gasteiger partial charge in [0.2, 0.25) is 0 Å². The zero-order valence-electron chi connectivity index (χ0n) is 13.1. The molecule has 5 heteroatoms. The van der Waals surface area contributed by atoms with Crippen LogP contribution in [0.25, 0.3) is 0 Å². The number of nitrogen functional groups attached to an aromatic ring is 1. The molecule has 3 N–H and O–H groups in total. The van der Waals surface area contributed by atoms with E-state index in [0.29, 0.717) is 28.7 Å². The van der Waals surface area contributed by atoms with E-state index in [-0.39, 0.29) is 11.2 Å². The Morgan fingerprint density at radius 1 is 1.10 bits per heavy atom. The number of hydrogen-bond donors (Lipinski definition) is 2. The molecule has 0 unspecified atom stereocenters. The molecule has 0 aliphatic heterocycles. The van der Waals surface area contributed by atoms with Crippen molar-refractivity contribution in [1.29, 1.82) is 0 Å². The monoisotopic (exact) mass is 288 g/mol. The minimum atomic E-state index is -0.254. The summed E-state index contributed by atoms with van der Waals surface area (Å²) in [5.41, 5.74) is 7.74. The fraction of sp³-hybridized carbons (Fsp3) is 0.375. The van der Waals surface area contributed by atoms with Gasteiger partial charge < -0.3 is 11.1 Å². The van der Waals surface area contributed by atoms with E-state index in [1.54, 1.807) is 13.0 Å². The van der Waals surface area contributed by atoms with Crippen LogP contribution in [0.3, 0.4) is 0 Å². The van der Waals surface area contributed by atoms with E-state index in [1.165, 1.54) is 6.07 Å². The molecule has 0 atom stereocenters. The molecule has 2 rings (SSSR count). The molecule has 0 fully saturated rings. The van der Waals surface area contributed by atoms with Gasteiger partial charge in [0.1, 0.15) is 23.3 Å². The Bertz CT molecular complexity index is 675. The molecular weight excluding hydrogens is 267 g/mol. The molecular formula is C16H21FN4. The van der Waals surface area contributed by atoms with Gasteiger partial charge in [-0.1, -0.05) is 26.8 Å². The van der Waals surface area contributed by atoms with Crippen molar-refractivity contribution < 1.29 is 4.39 Å². The third-order valence-electron chi connectivity index (χ3n) is 3.38. The molecule has 21 heavy (non-hydrogen) atoms. The van der Waals surface area contributed by atoms with E-state index in [4.69, 9.17) is 5.73 Å². The first-order valence-electron chi connectivity index (χ1n) is 6.87. The smallest absolute Gasteiger partial charge is 0.139 e. The van der Waals surface area contributed by atoms with Crippen LogP contribution in [0.4, 0.5) is 21.7 Å².